The van der Waals surface area contributed by atoms with Gasteiger partial charge in [-0.25, -0.2) is 0 Å². The number of unbranched alkanes of at least 4 members (excludes halogenated alkanes) is 9. The first-order chi connectivity index (χ1) is 17.4. The predicted molar refractivity (Wildman–Crippen MR) is 111 cm³/mol. The standard InChI is InChI=1S/C23H32F16/c1-3-5-7-9-10-11-13-15-17(26,27)19(30,31)21(34,35)23(38,39)22(36,37)20(32,33)18(28,29)16(24,25)14-12-8-6-4-2/h3-15H2,1-2H3. The van der Waals surface area contributed by atoms with E-state index in [1.807, 2.05) is 6.92 Å². The fraction of sp³-hybridized carbons (Fsp3) is 1.00. The number of hydrogen-bond donors (Lipinski definition) is 0. The van der Waals surface area contributed by atoms with Crippen molar-refractivity contribution in [2.75, 3.05) is 0 Å². The fourth-order valence-electron chi connectivity index (χ4n) is 3.64. The van der Waals surface area contributed by atoms with Gasteiger partial charge in [0.15, 0.2) is 0 Å². The molecule has 0 aliphatic heterocycles. The van der Waals surface area contributed by atoms with E-state index in [0.717, 1.165) is 12.8 Å². The molecule has 0 aliphatic rings. The van der Waals surface area contributed by atoms with Gasteiger partial charge in [-0.05, 0) is 12.8 Å². The minimum absolute atomic E-state index is 0.0840. The molecule has 0 aliphatic carbocycles. The Kier molecular flexibility index (Phi) is 12.9. The van der Waals surface area contributed by atoms with E-state index in [2.05, 4.69) is 0 Å². The van der Waals surface area contributed by atoms with Gasteiger partial charge >= 0.3 is 47.4 Å². The molecule has 0 bridgehead atoms. The number of alkyl halides is 16. The summed E-state index contributed by atoms with van der Waals surface area (Å²) in [5.74, 6) is -60.1. The van der Waals surface area contributed by atoms with Gasteiger partial charge in [-0.1, -0.05) is 71.6 Å². The van der Waals surface area contributed by atoms with E-state index in [1.165, 1.54) is 6.92 Å². The van der Waals surface area contributed by atoms with Crippen LogP contribution in [0.3, 0.4) is 0 Å². The van der Waals surface area contributed by atoms with Gasteiger partial charge in [-0.15, -0.1) is 0 Å². The molecule has 39 heavy (non-hydrogen) atoms. The first-order valence-corrected chi connectivity index (χ1v) is 12.4. The van der Waals surface area contributed by atoms with Gasteiger partial charge in [0.1, 0.15) is 0 Å². The third-order valence-corrected chi connectivity index (χ3v) is 6.33. The largest absolute Gasteiger partial charge is 0.384 e. The van der Waals surface area contributed by atoms with Crippen molar-refractivity contribution in [2.24, 2.45) is 0 Å². The molecule has 0 rings (SSSR count). The molecule has 0 fully saturated rings. The van der Waals surface area contributed by atoms with E-state index in [0.29, 0.717) is 19.3 Å². The highest BCUT2D eigenvalue weighted by atomic mass is 19.4. The van der Waals surface area contributed by atoms with Crippen LogP contribution >= 0.6 is 0 Å². The number of rotatable bonds is 20. The van der Waals surface area contributed by atoms with Crippen molar-refractivity contribution in [3.63, 3.8) is 0 Å². The first-order valence-electron chi connectivity index (χ1n) is 12.4. The zero-order valence-corrected chi connectivity index (χ0v) is 21.2. The minimum atomic E-state index is -8.34. The molecule has 0 saturated carbocycles. The van der Waals surface area contributed by atoms with E-state index >= 15 is 0 Å². The van der Waals surface area contributed by atoms with Crippen LogP contribution in [0, 0.1) is 0 Å². The Hall–Kier alpha value is -1.12. The van der Waals surface area contributed by atoms with Crippen molar-refractivity contribution < 1.29 is 70.2 Å². The third kappa shape index (κ3) is 7.21. The molecular weight excluding hydrogens is 580 g/mol. The quantitative estimate of drug-likeness (QED) is 0.0948. The van der Waals surface area contributed by atoms with Crippen molar-refractivity contribution in [1.82, 2.24) is 0 Å². The Balaban J connectivity index is 6.06. The molecule has 0 N–H and O–H groups in total. The van der Waals surface area contributed by atoms with Crippen LogP contribution in [-0.2, 0) is 0 Å². The van der Waals surface area contributed by atoms with Gasteiger partial charge in [-0.3, -0.25) is 0 Å². The summed E-state index contributed by atoms with van der Waals surface area (Å²) in [6.07, 6.45) is -4.17. The van der Waals surface area contributed by atoms with E-state index < -0.39 is 73.1 Å². The average molecular weight is 612 g/mol. The van der Waals surface area contributed by atoms with Gasteiger partial charge in [0.2, 0.25) is 0 Å². The molecule has 0 aromatic carbocycles. The highest BCUT2D eigenvalue weighted by Gasteiger charge is 2.94. The Morgan fingerprint density at radius 1 is 0.282 bits per heavy atom. The topological polar surface area (TPSA) is 0 Å². The Labute approximate surface area is 215 Å². The van der Waals surface area contributed by atoms with Crippen molar-refractivity contribution in [2.45, 2.75) is 145 Å². The minimum Gasteiger partial charge on any atom is -0.200 e. The second kappa shape index (κ2) is 13.2. The van der Waals surface area contributed by atoms with Crippen molar-refractivity contribution >= 4 is 0 Å². The second-order valence-corrected chi connectivity index (χ2v) is 9.54. The second-order valence-electron chi connectivity index (χ2n) is 9.54. The lowest BCUT2D eigenvalue weighted by molar-refractivity contribution is -0.453. The maximum atomic E-state index is 14.0. The SMILES string of the molecule is CCCCCCCCCC(F)(F)C(F)(F)C(F)(F)C(F)(F)C(F)(F)C(F)(F)C(F)(F)C(F)(F)CCCCCC. The summed E-state index contributed by atoms with van der Waals surface area (Å²) in [5, 5.41) is 0. The molecule has 236 valence electrons. The molecule has 0 nitrogen and oxygen atoms in total. The molecule has 0 aromatic heterocycles. The first kappa shape index (κ1) is 37.9. The molecule has 0 radical (unpaired) electrons. The van der Waals surface area contributed by atoms with Crippen LogP contribution in [0.1, 0.15) is 97.3 Å². The lowest BCUT2D eigenvalue weighted by Gasteiger charge is -2.43. The van der Waals surface area contributed by atoms with Crippen LogP contribution in [0.2, 0.25) is 0 Å². The van der Waals surface area contributed by atoms with Crippen LogP contribution in [0.4, 0.5) is 70.2 Å². The molecule has 0 saturated heterocycles. The smallest absolute Gasteiger partial charge is 0.200 e. The van der Waals surface area contributed by atoms with E-state index in [-0.39, 0.29) is 25.7 Å². The zero-order chi connectivity index (χ0) is 31.2. The fourth-order valence-corrected chi connectivity index (χ4v) is 3.64. The summed E-state index contributed by atoms with van der Waals surface area (Å²) in [4.78, 5) is 0. The Morgan fingerprint density at radius 2 is 0.487 bits per heavy atom. The number of hydrogen-bond acceptors (Lipinski definition) is 0. The monoisotopic (exact) mass is 612 g/mol. The van der Waals surface area contributed by atoms with Crippen LogP contribution in [0.15, 0.2) is 0 Å². The predicted octanol–water partition coefficient (Wildman–Crippen LogP) is 11.2. The van der Waals surface area contributed by atoms with Crippen LogP contribution < -0.4 is 0 Å². The van der Waals surface area contributed by atoms with Gasteiger partial charge in [0.25, 0.3) is 0 Å². The van der Waals surface area contributed by atoms with Gasteiger partial charge < -0.3 is 0 Å². The maximum Gasteiger partial charge on any atom is 0.384 e. The van der Waals surface area contributed by atoms with Gasteiger partial charge in [0, 0.05) is 12.8 Å². The Bertz CT molecular complexity index is 730. The molecule has 0 unspecified atom stereocenters. The molecule has 0 aromatic rings. The maximum absolute atomic E-state index is 14.0. The lowest BCUT2D eigenvalue weighted by atomic mass is 9.86. The van der Waals surface area contributed by atoms with E-state index in [4.69, 9.17) is 0 Å². The Morgan fingerprint density at radius 3 is 0.769 bits per heavy atom. The molecule has 0 atom stereocenters. The summed E-state index contributed by atoms with van der Waals surface area (Å²) in [5.41, 5.74) is 0. The molecule has 0 amide bonds. The average Bonchev–Trinajstić information content (AvgIpc) is 2.80. The van der Waals surface area contributed by atoms with Crippen LogP contribution in [0.5, 0.6) is 0 Å². The third-order valence-electron chi connectivity index (χ3n) is 6.33. The zero-order valence-electron chi connectivity index (χ0n) is 21.2. The van der Waals surface area contributed by atoms with Crippen molar-refractivity contribution in [3.8, 4) is 0 Å². The van der Waals surface area contributed by atoms with Crippen molar-refractivity contribution in [1.29, 1.82) is 0 Å². The van der Waals surface area contributed by atoms with Crippen LogP contribution in [0.25, 0.3) is 0 Å². The highest BCUT2D eigenvalue weighted by Crippen LogP contribution is 2.64. The summed E-state index contributed by atoms with van der Waals surface area (Å²) in [6, 6.07) is 0. The summed E-state index contributed by atoms with van der Waals surface area (Å²) >= 11 is 0. The van der Waals surface area contributed by atoms with Gasteiger partial charge in [0.05, 0.1) is 0 Å². The van der Waals surface area contributed by atoms with Crippen LogP contribution in [-0.4, -0.2) is 47.4 Å². The van der Waals surface area contributed by atoms with E-state index in [9.17, 15) is 70.2 Å². The van der Waals surface area contributed by atoms with E-state index in [1.54, 1.807) is 0 Å². The summed E-state index contributed by atoms with van der Waals surface area (Å²) < 4.78 is 223. The highest BCUT2D eigenvalue weighted by molar-refractivity contribution is 5.15. The number of halogens is 16. The summed E-state index contributed by atoms with van der Waals surface area (Å²) in [6.45, 7) is 3.32. The normalized spacial score (nSPS) is 15.2. The van der Waals surface area contributed by atoms with Gasteiger partial charge in [-0.2, -0.15) is 70.2 Å². The molecule has 16 heteroatoms. The molecule has 0 spiro atoms. The molecular formula is C23H32F16. The summed E-state index contributed by atoms with van der Waals surface area (Å²) in [7, 11) is 0. The molecule has 0 heterocycles. The van der Waals surface area contributed by atoms with Crippen molar-refractivity contribution in [3.05, 3.63) is 0 Å². The lowest BCUT2D eigenvalue weighted by Crippen LogP contribution is -2.74.